The van der Waals surface area contributed by atoms with E-state index < -0.39 is 0 Å². The van der Waals surface area contributed by atoms with E-state index in [-0.39, 0.29) is 0 Å². The SMILES string of the molecule is CCN(C)CCOc1ccc(C#Cc2ccc(C#Cc3ccc(OCCCN(C)C)cc3)s2)cc1. The molecular weight excluding hydrogens is 452 g/mol. The summed E-state index contributed by atoms with van der Waals surface area (Å²) in [5, 5.41) is 0. The number of hydrogen-bond donors (Lipinski definition) is 0. The monoisotopic (exact) mass is 486 g/mol. The summed E-state index contributed by atoms with van der Waals surface area (Å²) in [4.78, 5) is 6.38. The summed E-state index contributed by atoms with van der Waals surface area (Å²) in [6, 6.07) is 19.9. The Balaban J connectivity index is 1.49. The number of benzene rings is 2. The molecule has 1 heterocycles. The number of nitrogens with zero attached hydrogens (tertiary/aromatic N) is 2. The van der Waals surface area contributed by atoms with Crippen LogP contribution in [0.1, 0.15) is 34.2 Å². The van der Waals surface area contributed by atoms with E-state index in [2.05, 4.69) is 61.5 Å². The molecule has 0 aliphatic carbocycles. The summed E-state index contributed by atoms with van der Waals surface area (Å²) in [5.74, 6) is 14.7. The van der Waals surface area contributed by atoms with Gasteiger partial charge in [-0.3, -0.25) is 0 Å². The fourth-order valence-corrected chi connectivity index (χ4v) is 3.77. The van der Waals surface area contributed by atoms with Crippen LogP contribution in [0.25, 0.3) is 0 Å². The van der Waals surface area contributed by atoms with Crippen molar-refractivity contribution in [2.75, 3.05) is 54.0 Å². The quantitative estimate of drug-likeness (QED) is 0.290. The number of hydrogen-bond acceptors (Lipinski definition) is 5. The Hall–Kier alpha value is -3.22. The van der Waals surface area contributed by atoms with Crippen LogP contribution in [-0.2, 0) is 0 Å². The molecule has 3 aromatic rings. The fourth-order valence-electron chi connectivity index (χ4n) is 3.06. The van der Waals surface area contributed by atoms with Crippen LogP contribution in [0.2, 0.25) is 0 Å². The minimum absolute atomic E-state index is 0.684. The molecule has 182 valence electrons. The fraction of sp³-hybridized carbons (Fsp3) is 0.333. The van der Waals surface area contributed by atoms with Gasteiger partial charge in [0.25, 0.3) is 0 Å². The molecule has 0 radical (unpaired) electrons. The molecular formula is C30H34N2O2S. The van der Waals surface area contributed by atoms with Crippen LogP contribution in [0.15, 0.2) is 60.7 Å². The van der Waals surface area contributed by atoms with Gasteiger partial charge in [-0.05, 0) is 94.8 Å². The molecule has 0 unspecified atom stereocenters. The van der Waals surface area contributed by atoms with Gasteiger partial charge in [0.15, 0.2) is 0 Å². The number of rotatable bonds is 10. The molecule has 0 saturated heterocycles. The van der Waals surface area contributed by atoms with Gasteiger partial charge in [0, 0.05) is 24.2 Å². The number of ether oxygens (including phenoxy) is 2. The molecule has 0 saturated carbocycles. The van der Waals surface area contributed by atoms with Crippen LogP contribution in [-0.4, -0.2) is 63.8 Å². The van der Waals surface area contributed by atoms with E-state index in [9.17, 15) is 0 Å². The highest BCUT2D eigenvalue weighted by molar-refractivity contribution is 7.13. The van der Waals surface area contributed by atoms with Gasteiger partial charge in [0.1, 0.15) is 18.1 Å². The zero-order chi connectivity index (χ0) is 24.9. The second-order valence-corrected chi connectivity index (χ2v) is 9.55. The lowest BCUT2D eigenvalue weighted by Crippen LogP contribution is -2.23. The van der Waals surface area contributed by atoms with Crippen LogP contribution in [0.3, 0.4) is 0 Å². The lowest BCUT2D eigenvalue weighted by atomic mass is 10.2. The average Bonchev–Trinajstić information content (AvgIpc) is 3.33. The van der Waals surface area contributed by atoms with Crippen LogP contribution >= 0.6 is 11.3 Å². The molecule has 3 rings (SSSR count). The Morgan fingerprint density at radius 2 is 1.17 bits per heavy atom. The van der Waals surface area contributed by atoms with Gasteiger partial charge in [0.2, 0.25) is 0 Å². The van der Waals surface area contributed by atoms with Gasteiger partial charge in [-0.15, -0.1) is 11.3 Å². The van der Waals surface area contributed by atoms with Gasteiger partial charge >= 0.3 is 0 Å². The average molecular weight is 487 g/mol. The van der Waals surface area contributed by atoms with E-state index in [0.717, 1.165) is 65.0 Å². The summed E-state index contributed by atoms with van der Waals surface area (Å²) in [5.41, 5.74) is 1.93. The highest BCUT2D eigenvalue weighted by atomic mass is 32.1. The predicted molar refractivity (Wildman–Crippen MR) is 146 cm³/mol. The third-order valence-corrected chi connectivity index (χ3v) is 6.19. The molecule has 2 aromatic carbocycles. The van der Waals surface area contributed by atoms with Gasteiger partial charge in [-0.2, -0.15) is 0 Å². The van der Waals surface area contributed by atoms with Gasteiger partial charge in [-0.25, -0.2) is 0 Å². The second kappa shape index (κ2) is 14.2. The van der Waals surface area contributed by atoms with E-state index in [1.54, 1.807) is 11.3 Å². The molecule has 0 aliphatic rings. The summed E-state index contributed by atoms with van der Waals surface area (Å²) < 4.78 is 11.6. The minimum atomic E-state index is 0.684. The molecule has 5 heteroatoms. The molecule has 35 heavy (non-hydrogen) atoms. The first-order valence-corrected chi connectivity index (χ1v) is 12.8. The maximum Gasteiger partial charge on any atom is 0.119 e. The lowest BCUT2D eigenvalue weighted by Gasteiger charge is -2.14. The highest BCUT2D eigenvalue weighted by Crippen LogP contribution is 2.16. The Morgan fingerprint density at radius 1 is 0.657 bits per heavy atom. The standard InChI is InChI=1S/C30H34N2O2S/c1-5-32(4)22-24-34-28-15-9-26(10-16-28)12-18-30-20-19-29(35-30)17-11-25-7-13-27(14-8-25)33-23-6-21-31(2)3/h7-10,13-16,19-20H,5-6,21-24H2,1-4H3. The van der Waals surface area contributed by atoms with Crippen molar-refractivity contribution < 1.29 is 9.47 Å². The normalized spacial score (nSPS) is 10.5. The van der Waals surface area contributed by atoms with Crippen molar-refractivity contribution in [1.29, 1.82) is 0 Å². The van der Waals surface area contributed by atoms with E-state index in [1.165, 1.54) is 0 Å². The zero-order valence-corrected chi connectivity index (χ0v) is 22.0. The summed E-state index contributed by atoms with van der Waals surface area (Å²) in [6.45, 7) is 6.50. The third kappa shape index (κ3) is 9.89. The van der Waals surface area contributed by atoms with Crippen molar-refractivity contribution in [3.63, 3.8) is 0 Å². The Morgan fingerprint density at radius 3 is 1.66 bits per heavy atom. The minimum Gasteiger partial charge on any atom is -0.494 e. The first-order chi connectivity index (χ1) is 17.0. The first kappa shape index (κ1) is 26.4. The third-order valence-electron chi connectivity index (χ3n) is 5.27. The number of thiophene rings is 1. The maximum absolute atomic E-state index is 5.79. The molecule has 0 fully saturated rings. The van der Waals surface area contributed by atoms with E-state index in [1.807, 2.05) is 60.7 Å². The Labute approximate surface area is 214 Å². The molecule has 0 spiro atoms. The maximum atomic E-state index is 5.79. The van der Waals surface area contributed by atoms with Crippen LogP contribution in [0.5, 0.6) is 11.5 Å². The molecule has 0 amide bonds. The van der Waals surface area contributed by atoms with E-state index in [4.69, 9.17) is 9.47 Å². The van der Waals surface area contributed by atoms with Crippen molar-refractivity contribution in [3.05, 3.63) is 81.5 Å². The zero-order valence-electron chi connectivity index (χ0n) is 21.1. The lowest BCUT2D eigenvalue weighted by molar-refractivity contribution is 0.244. The van der Waals surface area contributed by atoms with Crippen LogP contribution < -0.4 is 9.47 Å². The first-order valence-electron chi connectivity index (χ1n) is 11.9. The molecule has 0 aliphatic heterocycles. The van der Waals surface area contributed by atoms with Crippen molar-refractivity contribution in [2.45, 2.75) is 13.3 Å². The van der Waals surface area contributed by atoms with Crippen molar-refractivity contribution in [3.8, 4) is 35.2 Å². The number of likely N-dealkylation sites (N-methyl/N-ethyl adjacent to an activating group) is 1. The van der Waals surface area contributed by atoms with Crippen molar-refractivity contribution >= 4 is 11.3 Å². The van der Waals surface area contributed by atoms with Crippen molar-refractivity contribution in [1.82, 2.24) is 9.80 Å². The van der Waals surface area contributed by atoms with E-state index in [0.29, 0.717) is 6.61 Å². The van der Waals surface area contributed by atoms with Gasteiger partial charge in [-0.1, -0.05) is 30.6 Å². The summed E-state index contributed by atoms with van der Waals surface area (Å²) in [6.07, 6.45) is 1.01. The molecule has 0 N–H and O–H groups in total. The van der Waals surface area contributed by atoms with Crippen molar-refractivity contribution in [2.24, 2.45) is 0 Å². The van der Waals surface area contributed by atoms with Crippen LogP contribution in [0, 0.1) is 23.7 Å². The van der Waals surface area contributed by atoms with Gasteiger partial charge < -0.3 is 19.3 Å². The molecule has 4 nitrogen and oxygen atoms in total. The summed E-state index contributed by atoms with van der Waals surface area (Å²) >= 11 is 1.60. The molecule has 1 aromatic heterocycles. The second-order valence-electron chi connectivity index (χ2n) is 8.46. The molecule has 0 bridgehead atoms. The smallest absolute Gasteiger partial charge is 0.119 e. The largest absolute Gasteiger partial charge is 0.494 e. The van der Waals surface area contributed by atoms with E-state index >= 15 is 0 Å². The topological polar surface area (TPSA) is 24.9 Å². The Bertz CT molecular complexity index is 1160. The summed E-state index contributed by atoms with van der Waals surface area (Å²) in [7, 11) is 6.23. The van der Waals surface area contributed by atoms with Gasteiger partial charge in [0.05, 0.1) is 16.4 Å². The molecule has 0 atom stereocenters. The Kier molecular flexibility index (Phi) is 10.7. The van der Waals surface area contributed by atoms with Crippen LogP contribution in [0.4, 0.5) is 0 Å². The highest BCUT2D eigenvalue weighted by Gasteiger charge is 1.99. The predicted octanol–water partition coefficient (Wildman–Crippen LogP) is 5.21.